The lowest BCUT2D eigenvalue weighted by atomic mass is 9.87. The molecule has 0 aromatic carbocycles. The summed E-state index contributed by atoms with van der Waals surface area (Å²) in [6, 6.07) is 0. The third-order valence-electron chi connectivity index (χ3n) is 2.38. The van der Waals surface area contributed by atoms with Crippen LogP contribution in [0.3, 0.4) is 0 Å². The first-order valence-corrected chi connectivity index (χ1v) is 3.79. The van der Waals surface area contributed by atoms with E-state index in [-0.39, 0.29) is 0 Å². The van der Waals surface area contributed by atoms with Crippen LogP contribution in [0.5, 0.6) is 0 Å². The summed E-state index contributed by atoms with van der Waals surface area (Å²) in [6.07, 6.45) is -5.01. The zero-order valence-electron chi connectivity index (χ0n) is 7.01. The number of rotatable bonds is 0. The molecule has 5 heteroatoms. The van der Waals surface area contributed by atoms with Crippen LogP contribution < -0.4 is 0 Å². The van der Waals surface area contributed by atoms with Gasteiger partial charge < -0.3 is 25.2 Å². The van der Waals surface area contributed by atoms with Gasteiger partial charge in [-0.15, -0.1) is 0 Å². The molecule has 0 aromatic rings. The molecule has 72 valence electrons. The molecule has 5 atom stereocenters. The van der Waals surface area contributed by atoms with Gasteiger partial charge in [0.05, 0.1) is 6.10 Å². The van der Waals surface area contributed by atoms with Gasteiger partial charge in [-0.1, -0.05) is 0 Å². The monoisotopic (exact) mass is 178 g/mol. The first-order chi connectivity index (χ1) is 5.37. The molecule has 1 aliphatic rings. The highest BCUT2D eigenvalue weighted by molar-refractivity contribution is 4.96. The second-order valence-electron chi connectivity index (χ2n) is 3.33. The molecule has 0 spiro atoms. The van der Waals surface area contributed by atoms with Crippen LogP contribution >= 0.6 is 0 Å². The molecule has 12 heavy (non-hydrogen) atoms. The lowest BCUT2D eigenvalue weighted by molar-refractivity contribution is -0.307. The molecule has 1 saturated heterocycles. The van der Waals surface area contributed by atoms with E-state index in [0.29, 0.717) is 0 Å². The SMILES string of the molecule is C[C@@H]1OC(O)[C@@H](O)[C@@H](O)[C@]1(C)O. The van der Waals surface area contributed by atoms with E-state index in [2.05, 4.69) is 0 Å². The average molecular weight is 178 g/mol. The summed E-state index contributed by atoms with van der Waals surface area (Å²) in [4.78, 5) is 0. The van der Waals surface area contributed by atoms with Crippen molar-refractivity contribution < 1.29 is 25.2 Å². The smallest absolute Gasteiger partial charge is 0.183 e. The van der Waals surface area contributed by atoms with Gasteiger partial charge in [-0.25, -0.2) is 0 Å². The van der Waals surface area contributed by atoms with E-state index in [0.717, 1.165) is 0 Å². The Labute approximate surface area is 70.2 Å². The minimum Gasteiger partial charge on any atom is -0.387 e. The summed E-state index contributed by atoms with van der Waals surface area (Å²) in [5.74, 6) is 0. The van der Waals surface area contributed by atoms with Crippen LogP contribution in [-0.2, 0) is 4.74 Å². The Balaban J connectivity index is 2.80. The quantitative estimate of drug-likeness (QED) is 0.351. The molecule has 0 aliphatic carbocycles. The maximum absolute atomic E-state index is 9.55. The van der Waals surface area contributed by atoms with Gasteiger partial charge in [-0.2, -0.15) is 0 Å². The van der Waals surface area contributed by atoms with Crippen molar-refractivity contribution in [1.82, 2.24) is 0 Å². The summed E-state index contributed by atoms with van der Waals surface area (Å²) in [5.41, 5.74) is -1.53. The summed E-state index contributed by atoms with van der Waals surface area (Å²) >= 11 is 0. The Kier molecular flexibility index (Phi) is 2.42. The van der Waals surface area contributed by atoms with Crippen LogP contribution in [-0.4, -0.2) is 50.6 Å². The predicted molar refractivity (Wildman–Crippen MR) is 39.2 cm³/mol. The van der Waals surface area contributed by atoms with Gasteiger partial charge in [0.25, 0.3) is 0 Å². The van der Waals surface area contributed by atoms with E-state index >= 15 is 0 Å². The molecule has 1 unspecified atom stereocenters. The van der Waals surface area contributed by atoms with Crippen molar-refractivity contribution in [2.45, 2.75) is 44.1 Å². The zero-order chi connectivity index (χ0) is 9.52. The summed E-state index contributed by atoms with van der Waals surface area (Å²) in [7, 11) is 0. The molecule has 0 aromatic heterocycles. The Hall–Kier alpha value is -0.200. The first-order valence-electron chi connectivity index (χ1n) is 3.79. The Morgan fingerprint density at radius 1 is 1.25 bits per heavy atom. The summed E-state index contributed by atoms with van der Waals surface area (Å²) < 4.78 is 4.78. The van der Waals surface area contributed by atoms with E-state index < -0.39 is 30.2 Å². The van der Waals surface area contributed by atoms with E-state index in [4.69, 9.17) is 14.9 Å². The fraction of sp³-hybridized carbons (Fsp3) is 1.00. The zero-order valence-corrected chi connectivity index (χ0v) is 7.01. The molecule has 0 bridgehead atoms. The largest absolute Gasteiger partial charge is 0.387 e. The van der Waals surface area contributed by atoms with E-state index in [1.807, 2.05) is 0 Å². The van der Waals surface area contributed by atoms with Gasteiger partial charge in [0.1, 0.15) is 17.8 Å². The molecule has 5 nitrogen and oxygen atoms in total. The maximum Gasteiger partial charge on any atom is 0.183 e. The van der Waals surface area contributed by atoms with Crippen molar-refractivity contribution in [2.24, 2.45) is 0 Å². The molecule has 0 radical (unpaired) electrons. The van der Waals surface area contributed by atoms with Crippen LogP contribution in [0.1, 0.15) is 13.8 Å². The lowest BCUT2D eigenvalue weighted by Crippen LogP contribution is -2.63. The van der Waals surface area contributed by atoms with Gasteiger partial charge >= 0.3 is 0 Å². The normalized spacial score (nSPS) is 55.5. The molecule has 1 rings (SSSR count). The minimum absolute atomic E-state index is 0.717. The minimum atomic E-state index is -1.53. The van der Waals surface area contributed by atoms with Crippen molar-refractivity contribution >= 4 is 0 Å². The van der Waals surface area contributed by atoms with Crippen molar-refractivity contribution in [2.75, 3.05) is 0 Å². The lowest BCUT2D eigenvalue weighted by Gasteiger charge is -2.43. The number of hydrogen-bond donors (Lipinski definition) is 4. The highest BCUT2D eigenvalue weighted by Gasteiger charge is 2.49. The van der Waals surface area contributed by atoms with Gasteiger partial charge in [0.15, 0.2) is 6.29 Å². The van der Waals surface area contributed by atoms with Crippen LogP contribution in [0, 0.1) is 0 Å². The second kappa shape index (κ2) is 2.93. The van der Waals surface area contributed by atoms with Crippen molar-refractivity contribution in [3.05, 3.63) is 0 Å². The second-order valence-corrected chi connectivity index (χ2v) is 3.33. The van der Waals surface area contributed by atoms with E-state index in [9.17, 15) is 10.2 Å². The topological polar surface area (TPSA) is 90.2 Å². The first kappa shape index (κ1) is 9.88. The highest BCUT2D eigenvalue weighted by Crippen LogP contribution is 2.28. The number of hydrogen-bond acceptors (Lipinski definition) is 5. The van der Waals surface area contributed by atoms with Gasteiger partial charge in [-0.05, 0) is 13.8 Å². The Morgan fingerprint density at radius 2 is 1.75 bits per heavy atom. The van der Waals surface area contributed by atoms with Crippen LogP contribution in [0.25, 0.3) is 0 Å². The van der Waals surface area contributed by atoms with Crippen LogP contribution in [0.15, 0.2) is 0 Å². The van der Waals surface area contributed by atoms with E-state index in [1.165, 1.54) is 13.8 Å². The highest BCUT2D eigenvalue weighted by atomic mass is 16.6. The average Bonchev–Trinajstić information content (AvgIpc) is 1.99. The third-order valence-corrected chi connectivity index (χ3v) is 2.38. The third kappa shape index (κ3) is 1.34. The number of aliphatic hydroxyl groups is 4. The van der Waals surface area contributed by atoms with Crippen LogP contribution in [0.4, 0.5) is 0 Å². The van der Waals surface area contributed by atoms with E-state index in [1.54, 1.807) is 0 Å². The molecule has 4 N–H and O–H groups in total. The molecular formula is C7H14O5. The molecule has 0 saturated carbocycles. The van der Waals surface area contributed by atoms with Gasteiger partial charge in [-0.3, -0.25) is 0 Å². The summed E-state index contributed by atoms with van der Waals surface area (Å²) in [5, 5.41) is 37.0. The number of ether oxygens (including phenoxy) is 1. The summed E-state index contributed by atoms with van der Waals surface area (Å²) in [6.45, 7) is 2.86. The molecule has 1 heterocycles. The van der Waals surface area contributed by atoms with Crippen LogP contribution in [0.2, 0.25) is 0 Å². The van der Waals surface area contributed by atoms with Crippen molar-refractivity contribution in [3.63, 3.8) is 0 Å². The fourth-order valence-electron chi connectivity index (χ4n) is 1.17. The van der Waals surface area contributed by atoms with Crippen molar-refractivity contribution in [1.29, 1.82) is 0 Å². The molecular weight excluding hydrogens is 164 g/mol. The molecule has 1 fully saturated rings. The molecule has 0 amide bonds. The fourth-order valence-corrected chi connectivity index (χ4v) is 1.17. The maximum atomic E-state index is 9.55. The Bertz CT molecular complexity index is 169. The van der Waals surface area contributed by atoms with Gasteiger partial charge in [0.2, 0.25) is 0 Å². The predicted octanol–water partition coefficient (Wildman–Crippen LogP) is -1.80. The Morgan fingerprint density at radius 3 is 2.25 bits per heavy atom. The molecule has 1 aliphatic heterocycles. The standard InChI is InChI=1S/C7H14O5/c1-3-7(2,11)5(9)4(8)6(10)12-3/h3-6,8-11H,1-2H3/t3-,4-,5+,6?,7+/m0/s1. The van der Waals surface area contributed by atoms with Crippen molar-refractivity contribution in [3.8, 4) is 0 Å². The number of aliphatic hydroxyl groups excluding tert-OH is 3. The van der Waals surface area contributed by atoms with Gasteiger partial charge in [0, 0.05) is 0 Å².